The molecule has 0 spiro atoms. The monoisotopic (exact) mass is 344 g/mol. The van der Waals surface area contributed by atoms with E-state index in [1.165, 1.54) is 0 Å². The summed E-state index contributed by atoms with van der Waals surface area (Å²) in [5, 5.41) is 0. The first-order valence-corrected chi connectivity index (χ1v) is 8.66. The van der Waals surface area contributed by atoms with Crippen LogP contribution in [0, 0.1) is 0 Å². The van der Waals surface area contributed by atoms with E-state index in [9.17, 15) is 9.59 Å². The topological polar surface area (TPSA) is 59.9 Å². The van der Waals surface area contributed by atoms with Crippen LogP contribution in [0.15, 0.2) is 73.3 Å². The second-order valence-electron chi connectivity index (χ2n) is 6.15. The van der Waals surface area contributed by atoms with Crippen molar-refractivity contribution in [2.75, 3.05) is 0 Å². The van der Waals surface area contributed by atoms with Crippen LogP contribution < -0.4 is 0 Å². The standard InChI is InChI=1S/C22H20N2O2/c25-21(11-5-17-3-1-13-23-15-17)19-7-9-20(10-8-19)22(26)12-6-18-4-2-14-24-16-18/h1-4,7-10,13-16H,5-6,11-12H2. The molecule has 26 heavy (non-hydrogen) atoms. The van der Waals surface area contributed by atoms with Crippen LogP contribution >= 0.6 is 0 Å². The maximum atomic E-state index is 12.3. The Morgan fingerprint density at radius 3 is 1.42 bits per heavy atom. The van der Waals surface area contributed by atoms with Gasteiger partial charge in [0.05, 0.1) is 0 Å². The molecule has 130 valence electrons. The number of aryl methyl sites for hydroxylation is 2. The van der Waals surface area contributed by atoms with Crippen LogP contribution in [0.4, 0.5) is 0 Å². The predicted molar refractivity (Wildman–Crippen MR) is 100 cm³/mol. The molecule has 4 nitrogen and oxygen atoms in total. The van der Waals surface area contributed by atoms with Crippen LogP contribution in [0.1, 0.15) is 44.7 Å². The number of rotatable bonds is 8. The summed E-state index contributed by atoms with van der Waals surface area (Å²) in [6, 6.07) is 14.6. The third-order valence-electron chi connectivity index (χ3n) is 4.26. The van der Waals surface area contributed by atoms with Gasteiger partial charge in [0.2, 0.25) is 0 Å². The molecule has 3 rings (SSSR count). The molecule has 4 heteroatoms. The van der Waals surface area contributed by atoms with Gasteiger partial charge in [0.15, 0.2) is 11.6 Å². The van der Waals surface area contributed by atoms with Gasteiger partial charge in [-0.2, -0.15) is 0 Å². The highest BCUT2D eigenvalue weighted by molar-refractivity contribution is 5.99. The lowest BCUT2D eigenvalue weighted by Crippen LogP contribution is -2.04. The van der Waals surface area contributed by atoms with E-state index in [-0.39, 0.29) is 11.6 Å². The van der Waals surface area contributed by atoms with Gasteiger partial charge in [-0.15, -0.1) is 0 Å². The molecule has 0 unspecified atom stereocenters. The van der Waals surface area contributed by atoms with E-state index < -0.39 is 0 Å². The van der Waals surface area contributed by atoms with E-state index in [1.807, 2.05) is 24.3 Å². The Morgan fingerprint density at radius 1 is 0.654 bits per heavy atom. The zero-order valence-corrected chi connectivity index (χ0v) is 14.5. The molecule has 0 aliphatic rings. The molecular formula is C22H20N2O2. The summed E-state index contributed by atoms with van der Waals surface area (Å²) < 4.78 is 0. The summed E-state index contributed by atoms with van der Waals surface area (Å²) in [6.45, 7) is 0. The number of hydrogen-bond donors (Lipinski definition) is 0. The Morgan fingerprint density at radius 2 is 1.08 bits per heavy atom. The molecule has 0 N–H and O–H groups in total. The summed E-state index contributed by atoms with van der Waals surface area (Å²) in [7, 11) is 0. The van der Waals surface area contributed by atoms with E-state index >= 15 is 0 Å². The molecule has 3 aromatic rings. The SMILES string of the molecule is O=C(CCc1cccnc1)c1ccc(C(=O)CCc2cccnc2)cc1. The molecule has 0 saturated carbocycles. The maximum Gasteiger partial charge on any atom is 0.163 e. The van der Waals surface area contributed by atoms with Crippen molar-refractivity contribution in [2.24, 2.45) is 0 Å². The summed E-state index contributed by atoms with van der Waals surface area (Å²) in [4.78, 5) is 32.7. The van der Waals surface area contributed by atoms with Crippen LogP contribution in [0.2, 0.25) is 0 Å². The molecule has 0 radical (unpaired) electrons. The second kappa shape index (κ2) is 8.81. The lowest BCUT2D eigenvalue weighted by atomic mass is 9.99. The van der Waals surface area contributed by atoms with Gasteiger partial charge in [-0.1, -0.05) is 36.4 Å². The smallest absolute Gasteiger partial charge is 0.163 e. The molecule has 0 saturated heterocycles. The number of ketones is 2. The highest BCUT2D eigenvalue weighted by atomic mass is 16.1. The second-order valence-corrected chi connectivity index (χ2v) is 6.15. The molecule has 1 aromatic carbocycles. The van der Waals surface area contributed by atoms with Crippen LogP contribution in [-0.4, -0.2) is 21.5 Å². The predicted octanol–water partition coefficient (Wildman–Crippen LogP) is 4.11. The zero-order valence-electron chi connectivity index (χ0n) is 14.5. The van der Waals surface area contributed by atoms with Crippen LogP contribution in [0.5, 0.6) is 0 Å². The molecule has 0 bridgehead atoms. The Balaban J connectivity index is 1.53. The quantitative estimate of drug-likeness (QED) is 0.577. The molecule has 2 aromatic heterocycles. The summed E-state index contributed by atoms with van der Waals surface area (Å²) in [6.07, 6.45) is 9.18. The minimum Gasteiger partial charge on any atom is -0.294 e. The third kappa shape index (κ3) is 4.93. The first-order valence-electron chi connectivity index (χ1n) is 8.66. The minimum atomic E-state index is 0.0724. The number of pyridine rings is 2. The number of Topliss-reactive ketones (excluding diaryl/α,β-unsaturated/α-hetero) is 2. The summed E-state index contributed by atoms with van der Waals surface area (Å²) >= 11 is 0. The van der Waals surface area contributed by atoms with E-state index in [0.717, 1.165) is 11.1 Å². The normalized spacial score (nSPS) is 10.5. The fraction of sp³-hybridized carbons (Fsp3) is 0.182. The van der Waals surface area contributed by atoms with Gasteiger partial charge >= 0.3 is 0 Å². The molecule has 0 aliphatic heterocycles. The number of carbonyl (C=O) groups is 2. The molecule has 0 fully saturated rings. The molecule has 0 atom stereocenters. The Labute approximate surface area is 152 Å². The number of carbonyl (C=O) groups excluding carboxylic acids is 2. The summed E-state index contributed by atoms with van der Waals surface area (Å²) in [5.74, 6) is 0.145. The highest BCUT2D eigenvalue weighted by Crippen LogP contribution is 2.12. The Hall–Kier alpha value is -3.14. The molecule has 0 aliphatic carbocycles. The van der Waals surface area contributed by atoms with Gasteiger partial charge < -0.3 is 0 Å². The average Bonchev–Trinajstić information content (AvgIpc) is 2.72. The number of benzene rings is 1. The van der Waals surface area contributed by atoms with Crippen molar-refractivity contribution in [1.82, 2.24) is 9.97 Å². The molecule has 2 heterocycles. The number of nitrogens with zero attached hydrogens (tertiary/aromatic N) is 2. The van der Waals surface area contributed by atoms with E-state index in [1.54, 1.807) is 49.1 Å². The Kier molecular flexibility index (Phi) is 5.99. The summed E-state index contributed by atoms with van der Waals surface area (Å²) in [5.41, 5.74) is 3.36. The minimum absolute atomic E-state index is 0.0724. The van der Waals surface area contributed by atoms with Crippen LogP contribution in [0.3, 0.4) is 0 Å². The van der Waals surface area contributed by atoms with Crippen molar-refractivity contribution in [2.45, 2.75) is 25.7 Å². The van der Waals surface area contributed by atoms with E-state index in [4.69, 9.17) is 0 Å². The Bertz CT molecular complexity index is 785. The largest absolute Gasteiger partial charge is 0.294 e. The van der Waals surface area contributed by atoms with Crippen molar-refractivity contribution < 1.29 is 9.59 Å². The molecule has 0 amide bonds. The fourth-order valence-corrected chi connectivity index (χ4v) is 2.74. The first-order chi connectivity index (χ1) is 12.7. The highest BCUT2D eigenvalue weighted by Gasteiger charge is 2.10. The molecular weight excluding hydrogens is 324 g/mol. The van der Waals surface area contributed by atoms with Gasteiger partial charge in [0, 0.05) is 48.8 Å². The van der Waals surface area contributed by atoms with Gasteiger partial charge in [-0.05, 0) is 36.1 Å². The fourth-order valence-electron chi connectivity index (χ4n) is 2.74. The van der Waals surface area contributed by atoms with Gasteiger partial charge in [-0.25, -0.2) is 0 Å². The van der Waals surface area contributed by atoms with Gasteiger partial charge in [-0.3, -0.25) is 19.6 Å². The van der Waals surface area contributed by atoms with Gasteiger partial charge in [0.1, 0.15) is 0 Å². The lowest BCUT2D eigenvalue weighted by molar-refractivity contribution is 0.0971. The maximum absolute atomic E-state index is 12.3. The zero-order chi connectivity index (χ0) is 18.2. The third-order valence-corrected chi connectivity index (χ3v) is 4.26. The van der Waals surface area contributed by atoms with Crippen molar-refractivity contribution in [1.29, 1.82) is 0 Å². The number of aromatic nitrogens is 2. The lowest BCUT2D eigenvalue weighted by Gasteiger charge is -2.04. The van der Waals surface area contributed by atoms with E-state index in [0.29, 0.717) is 36.8 Å². The van der Waals surface area contributed by atoms with E-state index in [2.05, 4.69) is 9.97 Å². The number of hydrogen-bond acceptors (Lipinski definition) is 4. The van der Waals surface area contributed by atoms with Gasteiger partial charge in [0.25, 0.3) is 0 Å². The van der Waals surface area contributed by atoms with Crippen molar-refractivity contribution in [3.05, 3.63) is 95.6 Å². The van der Waals surface area contributed by atoms with Crippen LogP contribution in [-0.2, 0) is 12.8 Å². The van der Waals surface area contributed by atoms with Crippen molar-refractivity contribution in [3.63, 3.8) is 0 Å². The average molecular weight is 344 g/mol. The van der Waals surface area contributed by atoms with Crippen molar-refractivity contribution >= 4 is 11.6 Å². The van der Waals surface area contributed by atoms with Crippen LogP contribution in [0.25, 0.3) is 0 Å². The van der Waals surface area contributed by atoms with Crippen molar-refractivity contribution in [3.8, 4) is 0 Å². The first kappa shape index (κ1) is 17.7.